The van der Waals surface area contributed by atoms with Crippen LogP contribution in [0.1, 0.15) is 69.7 Å². The van der Waals surface area contributed by atoms with Gasteiger partial charge in [0, 0.05) is 18.2 Å². The molecule has 29 heavy (non-hydrogen) atoms. The Balaban J connectivity index is 1.59. The molecule has 4 rings (SSSR count). The topological polar surface area (TPSA) is 57.7 Å². The van der Waals surface area contributed by atoms with E-state index in [1.807, 2.05) is 35.2 Å². The Bertz CT molecular complexity index is 952. The zero-order valence-corrected chi connectivity index (χ0v) is 16.9. The number of imide groups is 1. The van der Waals surface area contributed by atoms with Crippen LogP contribution in [0.4, 0.5) is 0 Å². The third-order valence-corrected chi connectivity index (χ3v) is 5.98. The predicted molar refractivity (Wildman–Crippen MR) is 111 cm³/mol. The van der Waals surface area contributed by atoms with E-state index in [1.165, 1.54) is 4.90 Å². The van der Waals surface area contributed by atoms with Gasteiger partial charge in [-0.3, -0.25) is 19.3 Å². The number of rotatable bonds is 4. The molecule has 0 spiro atoms. The minimum Gasteiger partial charge on any atom is -0.335 e. The number of hydrogen-bond acceptors (Lipinski definition) is 3. The number of likely N-dealkylation sites (tertiary alicyclic amines) is 1. The summed E-state index contributed by atoms with van der Waals surface area (Å²) in [6.45, 7) is 5.26. The Labute approximate surface area is 171 Å². The number of fused-ring (bicyclic) bond motifs is 1. The highest BCUT2D eigenvalue weighted by Gasteiger charge is 2.37. The minimum absolute atomic E-state index is 0.0482. The molecule has 0 radical (unpaired) electrons. The van der Waals surface area contributed by atoms with Crippen LogP contribution in [0.3, 0.4) is 0 Å². The van der Waals surface area contributed by atoms with Gasteiger partial charge in [0.05, 0.1) is 17.7 Å². The SMILES string of the molecule is CC(C)C1CCCCN1C(=O)c1ccc2c(c1)C(=O)N(Cc1ccccc1)C2=O. The maximum absolute atomic E-state index is 13.2. The van der Waals surface area contributed by atoms with E-state index in [2.05, 4.69) is 13.8 Å². The van der Waals surface area contributed by atoms with Gasteiger partial charge in [0.25, 0.3) is 17.7 Å². The first kappa shape index (κ1) is 19.4. The van der Waals surface area contributed by atoms with Crippen LogP contribution >= 0.6 is 0 Å². The molecule has 0 aromatic heterocycles. The molecule has 2 aliphatic rings. The summed E-state index contributed by atoms with van der Waals surface area (Å²) >= 11 is 0. The third kappa shape index (κ3) is 3.57. The Morgan fingerprint density at radius 1 is 1.00 bits per heavy atom. The Kier molecular flexibility index (Phi) is 5.22. The number of hydrogen-bond donors (Lipinski definition) is 0. The van der Waals surface area contributed by atoms with Crippen LogP contribution in [0.2, 0.25) is 0 Å². The van der Waals surface area contributed by atoms with Crippen molar-refractivity contribution in [2.45, 2.75) is 45.7 Å². The highest BCUT2D eigenvalue weighted by molar-refractivity contribution is 6.22. The second-order valence-electron chi connectivity index (χ2n) is 8.25. The van der Waals surface area contributed by atoms with Gasteiger partial charge in [0.15, 0.2) is 0 Å². The molecule has 3 amide bonds. The fraction of sp³-hybridized carbons (Fsp3) is 0.375. The number of benzene rings is 2. The first-order valence-corrected chi connectivity index (χ1v) is 10.3. The van der Waals surface area contributed by atoms with Crippen molar-refractivity contribution in [1.82, 2.24) is 9.80 Å². The molecule has 1 unspecified atom stereocenters. The molecular weight excluding hydrogens is 364 g/mol. The largest absolute Gasteiger partial charge is 0.335 e. The molecule has 0 bridgehead atoms. The lowest BCUT2D eigenvalue weighted by Gasteiger charge is -2.38. The Hall–Kier alpha value is -2.95. The van der Waals surface area contributed by atoms with E-state index in [9.17, 15) is 14.4 Å². The van der Waals surface area contributed by atoms with Crippen molar-refractivity contribution in [3.05, 3.63) is 70.8 Å². The third-order valence-electron chi connectivity index (χ3n) is 5.98. The van der Waals surface area contributed by atoms with Crippen LogP contribution in [0, 0.1) is 5.92 Å². The first-order valence-electron chi connectivity index (χ1n) is 10.3. The first-order chi connectivity index (χ1) is 14.0. The van der Waals surface area contributed by atoms with E-state index >= 15 is 0 Å². The van der Waals surface area contributed by atoms with Gasteiger partial charge in [-0.05, 0) is 48.9 Å². The molecule has 2 aromatic carbocycles. The van der Waals surface area contributed by atoms with E-state index in [0.717, 1.165) is 31.4 Å². The molecule has 2 heterocycles. The molecular formula is C24H26N2O3. The smallest absolute Gasteiger partial charge is 0.261 e. The number of nitrogens with zero attached hydrogens (tertiary/aromatic N) is 2. The van der Waals surface area contributed by atoms with Crippen LogP contribution in [-0.4, -0.2) is 40.1 Å². The molecule has 1 atom stereocenters. The van der Waals surface area contributed by atoms with Crippen molar-refractivity contribution in [2.24, 2.45) is 5.92 Å². The van der Waals surface area contributed by atoms with Crippen molar-refractivity contribution >= 4 is 17.7 Å². The van der Waals surface area contributed by atoms with Gasteiger partial charge >= 0.3 is 0 Å². The van der Waals surface area contributed by atoms with Crippen LogP contribution in [0.15, 0.2) is 48.5 Å². The van der Waals surface area contributed by atoms with Crippen molar-refractivity contribution in [1.29, 1.82) is 0 Å². The summed E-state index contributed by atoms with van der Waals surface area (Å²) in [5, 5.41) is 0. The lowest BCUT2D eigenvalue weighted by atomic mass is 9.92. The van der Waals surface area contributed by atoms with Crippen LogP contribution in [0.5, 0.6) is 0 Å². The summed E-state index contributed by atoms with van der Waals surface area (Å²) in [5.41, 5.74) is 2.09. The second-order valence-corrected chi connectivity index (χ2v) is 8.25. The van der Waals surface area contributed by atoms with Crippen LogP contribution in [-0.2, 0) is 6.54 Å². The maximum atomic E-state index is 13.2. The molecule has 0 aliphatic carbocycles. The molecule has 1 fully saturated rings. The van der Waals surface area contributed by atoms with E-state index in [-0.39, 0.29) is 30.3 Å². The molecule has 5 nitrogen and oxygen atoms in total. The number of carbonyl (C=O) groups is 3. The zero-order valence-electron chi connectivity index (χ0n) is 16.9. The molecule has 0 N–H and O–H groups in total. The quantitative estimate of drug-likeness (QED) is 0.738. The summed E-state index contributed by atoms with van der Waals surface area (Å²) in [5.74, 6) is -0.292. The summed E-state index contributed by atoms with van der Waals surface area (Å²) in [6, 6.07) is 14.6. The monoisotopic (exact) mass is 390 g/mol. The number of amides is 3. The van der Waals surface area contributed by atoms with E-state index in [4.69, 9.17) is 0 Å². The summed E-state index contributed by atoms with van der Waals surface area (Å²) < 4.78 is 0. The van der Waals surface area contributed by atoms with Crippen molar-refractivity contribution in [3.63, 3.8) is 0 Å². The molecule has 1 saturated heterocycles. The predicted octanol–water partition coefficient (Wildman–Crippen LogP) is 4.13. The van der Waals surface area contributed by atoms with Crippen molar-refractivity contribution in [3.8, 4) is 0 Å². The lowest BCUT2D eigenvalue weighted by Crippen LogP contribution is -2.46. The van der Waals surface area contributed by atoms with Gasteiger partial charge in [-0.2, -0.15) is 0 Å². The van der Waals surface area contributed by atoms with Gasteiger partial charge < -0.3 is 4.90 Å². The van der Waals surface area contributed by atoms with Crippen molar-refractivity contribution in [2.75, 3.05) is 6.54 Å². The van der Waals surface area contributed by atoms with Crippen LogP contribution in [0.25, 0.3) is 0 Å². The summed E-state index contributed by atoms with van der Waals surface area (Å²) in [4.78, 5) is 42.1. The van der Waals surface area contributed by atoms with E-state index in [0.29, 0.717) is 22.6 Å². The molecule has 0 saturated carbocycles. The molecule has 5 heteroatoms. The lowest BCUT2D eigenvalue weighted by molar-refractivity contribution is 0.0543. The normalized spacial score (nSPS) is 19.1. The summed E-state index contributed by atoms with van der Waals surface area (Å²) in [7, 11) is 0. The highest BCUT2D eigenvalue weighted by Crippen LogP contribution is 2.29. The highest BCUT2D eigenvalue weighted by atomic mass is 16.2. The Morgan fingerprint density at radius 3 is 2.45 bits per heavy atom. The van der Waals surface area contributed by atoms with Gasteiger partial charge in [0.2, 0.25) is 0 Å². The van der Waals surface area contributed by atoms with E-state index < -0.39 is 0 Å². The number of carbonyl (C=O) groups excluding carboxylic acids is 3. The Morgan fingerprint density at radius 2 is 1.72 bits per heavy atom. The number of piperidine rings is 1. The second kappa shape index (κ2) is 7.82. The molecule has 150 valence electrons. The summed E-state index contributed by atoms with van der Waals surface area (Å²) in [6.07, 6.45) is 3.15. The molecule has 2 aliphatic heterocycles. The zero-order chi connectivity index (χ0) is 20.5. The van der Waals surface area contributed by atoms with Gasteiger partial charge in [-0.15, -0.1) is 0 Å². The average Bonchev–Trinajstić information content (AvgIpc) is 2.98. The standard InChI is InChI=1S/C24H26N2O3/c1-16(2)21-10-6-7-13-25(21)22(27)18-11-12-19-20(14-18)24(29)26(23(19)28)15-17-8-4-3-5-9-17/h3-5,8-9,11-12,14,16,21H,6-7,10,13,15H2,1-2H3. The fourth-order valence-corrected chi connectivity index (χ4v) is 4.40. The minimum atomic E-state index is -0.331. The van der Waals surface area contributed by atoms with Crippen LogP contribution < -0.4 is 0 Å². The average molecular weight is 390 g/mol. The maximum Gasteiger partial charge on any atom is 0.261 e. The van der Waals surface area contributed by atoms with Crippen molar-refractivity contribution < 1.29 is 14.4 Å². The van der Waals surface area contributed by atoms with Gasteiger partial charge in [-0.1, -0.05) is 44.2 Å². The fourth-order valence-electron chi connectivity index (χ4n) is 4.40. The van der Waals surface area contributed by atoms with E-state index in [1.54, 1.807) is 18.2 Å². The van der Waals surface area contributed by atoms with Gasteiger partial charge in [-0.25, -0.2) is 0 Å². The molecule has 2 aromatic rings. The van der Waals surface area contributed by atoms with Gasteiger partial charge in [0.1, 0.15) is 0 Å².